The molecule has 1 amide bonds. The Morgan fingerprint density at radius 2 is 1.81 bits per heavy atom. The molecule has 1 aromatic carbocycles. The third-order valence-corrected chi connectivity index (χ3v) is 5.14. The smallest absolute Gasteiger partial charge is 0.416 e. The van der Waals surface area contributed by atoms with Gasteiger partial charge in [0.05, 0.1) is 17.2 Å². The van der Waals surface area contributed by atoms with Gasteiger partial charge in [-0.1, -0.05) is 12.0 Å². The molecule has 170 valence electrons. The minimum absolute atomic E-state index is 0.00648. The van der Waals surface area contributed by atoms with E-state index in [1.165, 1.54) is 9.80 Å². The van der Waals surface area contributed by atoms with Crippen molar-refractivity contribution in [1.29, 1.82) is 0 Å². The number of tetrazole rings is 1. The van der Waals surface area contributed by atoms with Gasteiger partial charge in [-0.3, -0.25) is 0 Å². The van der Waals surface area contributed by atoms with Gasteiger partial charge in [0.15, 0.2) is 0 Å². The summed E-state index contributed by atoms with van der Waals surface area (Å²) >= 11 is 0. The summed E-state index contributed by atoms with van der Waals surface area (Å²) in [6.07, 6.45) is -10.3. The Hall–Kier alpha value is -3.06. The summed E-state index contributed by atoms with van der Waals surface area (Å²) in [5.74, 6) is -0.0573. The molecule has 1 saturated heterocycles. The summed E-state index contributed by atoms with van der Waals surface area (Å²) in [6.45, 7) is 1.37. The molecule has 0 spiro atoms. The molecule has 1 aromatic heterocycles. The van der Waals surface area contributed by atoms with E-state index in [9.17, 15) is 36.2 Å². The average molecular weight is 452 g/mol. The van der Waals surface area contributed by atoms with Crippen LogP contribution in [0.25, 0.3) is 0 Å². The van der Waals surface area contributed by atoms with Crippen molar-refractivity contribution in [3.8, 4) is 0 Å². The van der Waals surface area contributed by atoms with Crippen LogP contribution in [0.15, 0.2) is 18.2 Å². The van der Waals surface area contributed by atoms with E-state index in [-0.39, 0.29) is 30.2 Å². The van der Waals surface area contributed by atoms with Gasteiger partial charge in [-0.2, -0.15) is 31.6 Å². The van der Waals surface area contributed by atoms with Crippen molar-refractivity contribution in [1.82, 2.24) is 25.5 Å². The first-order valence-electron chi connectivity index (χ1n) is 9.18. The number of hydrogen-bond acceptors (Lipinski definition) is 5. The zero-order chi connectivity index (χ0) is 23.0. The second-order valence-electron chi connectivity index (χ2n) is 7.14. The largest absolute Gasteiger partial charge is 0.465 e. The number of halogens is 6. The molecular weight excluding hydrogens is 434 g/mol. The number of amides is 1. The summed E-state index contributed by atoms with van der Waals surface area (Å²) < 4.78 is 79.2. The maximum absolute atomic E-state index is 13.2. The van der Waals surface area contributed by atoms with Crippen LogP contribution in [0, 0.1) is 0 Å². The monoisotopic (exact) mass is 452 g/mol. The molecule has 0 aliphatic carbocycles. The first-order valence-corrected chi connectivity index (χ1v) is 9.18. The minimum Gasteiger partial charge on any atom is -0.465 e. The number of hydrogen-bond donors (Lipinski definition) is 2. The summed E-state index contributed by atoms with van der Waals surface area (Å²) in [4.78, 5) is 14.1. The maximum atomic E-state index is 13.2. The van der Waals surface area contributed by atoms with Crippen molar-refractivity contribution in [2.45, 2.75) is 50.7 Å². The van der Waals surface area contributed by atoms with Gasteiger partial charge in [-0.25, -0.2) is 4.79 Å². The number of alkyl halides is 6. The Labute approximate surface area is 171 Å². The second-order valence-corrected chi connectivity index (χ2v) is 7.14. The molecule has 1 aliphatic heterocycles. The normalized spacial score (nSPS) is 19.6. The molecule has 0 radical (unpaired) electrons. The Morgan fingerprint density at radius 3 is 2.23 bits per heavy atom. The fraction of sp³-hybridized carbons (Fsp3) is 0.529. The lowest BCUT2D eigenvalue weighted by atomic mass is 10.0. The van der Waals surface area contributed by atoms with Gasteiger partial charge in [0, 0.05) is 19.1 Å². The standard InChI is InChI=1S/C17H18F6N6O2/c1-2-12-6-13(8-29(12)15(30)31)28(14-24-26-27-25-14)7-9-3-10(16(18,19)20)5-11(4-9)17(21,22)23/h3-5,12-13H,2,6-8H2,1H3,(H,30,31)(H,24,25,26,27)/t12-,13+/m1/s1. The van der Waals surface area contributed by atoms with E-state index in [0.29, 0.717) is 25.0 Å². The van der Waals surface area contributed by atoms with Gasteiger partial charge in [-0.15, -0.1) is 5.10 Å². The molecule has 14 heteroatoms. The van der Waals surface area contributed by atoms with E-state index < -0.39 is 42.2 Å². The van der Waals surface area contributed by atoms with E-state index in [1.807, 2.05) is 0 Å². The van der Waals surface area contributed by atoms with Crippen LogP contribution in [0.4, 0.5) is 37.1 Å². The highest BCUT2D eigenvalue weighted by Gasteiger charge is 2.40. The van der Waals surface area contributed by atoms with Crippen LogP contribution in [-0.2, 0) is 18.9 Å². The Kier molecular flexibility index (Phi) is 6.00. The van der Waals surface area contributed by atoms with Gasteiger partial charge in [-0.05, 0) is 41.8 Å². The van der Waals surface area contributed by atoms with Crippen LogP contribution in [-0.4, -0.2) is 55.4 Å². The van der Waals surface area contributed by atoms with Crippen LogP contribution >= 0.6 is 0 Å². The lowest BCUT2D eigenvalue weighted by Crippen LogP contribution is -2.39. The van der Waals surface area contributed by atoms with Crippen LogP contribution < -0.4 is 4.90 Å². The van der Waals surface area contributed by atoms with Crippen LogP contribution in [0.3, 0.4) is 0 Å². The minimum atomic E-state index is -4.98. The molecule has 8 nitrogen and oxygen atoms in total. The quantitative estimate of drug-likeness (QED) is 0.671. The number of likely N-dealkylation sites (tertiary alicyclic amines) is 1. The first kappa shape index (κ1) is 22.6. The molecule has 2 aromatic rings. The number of carboxylic acid groups (broad SMARTS) is 1. The molecule has 0 saturated carbocycles. The number of rotatable bonds is 5. The highest BCUT2D eigenvalue weighted by atomic mass is 19.4. The molecule has 1 aliphatic rings. The Balaban J connectivity index is 1.99. The van der Waals surface area contributed by atoms with Crippen LogP contribution in [0.5, 0.6) is 0 Å². The molecule has 0 bridgehead atoms. The molecule has 3 rings (SSSR count). The van der Waals surface area contributed by atoms with Crippen molar-refractivity contribution in [2.75, 3.05) is 11.4 Å². The summed E-state index contributed by atoms with van der Waals surface area (Å²) in [5.41, 5.74) is -3.14. The predicted molar refractivity (Wildman–Crippen MR) is 94.0 cm³/mol. The fourth-order valence-electron chi connectivity index (χ4n) is 3.69. The fourth-order valence-corrected chi connectivity index (χ4v) is 3.69. The number of nitrogens with zero attached hydrogens (tertiary/aromatic N) is 5. The average Bonchev–Trinajstić information content (AvgIpc) is 3.34. The SMILES string of the molecule is CC[C@@H]1C[C@H](N(Cc2cc(C(F)(F)F)cc(C(F)(F)F)c2)c2nn[nH]n2)CN1C(=O)O. The molecule has 0 unspecified atom stereocenters. The van der Waals surface area contributed by atoms with Crippen molar-refractivity contribution in [3.05, 3.63) is 34.9 Å². The van der Waals surface area contributed by atoms with Gasteiger partial charge in [0.1, 0.15) is 0 Å². The maximum Gasteiger partial charge on any atom is 0.416 e. The lowest BCUT2D eigenvalue weighted by Gasteiger charge is -2.28. The molecule has 2 atom stereocenters. The number of anilines is 1. The predicted octanol–water partition coefficient (Wildman–Crippen LogP) is 3.77. The Morgan fingerprint density at radius 1 is 1.19 bits per heavy atom. The number of benzene rings is 1. The number of H-pyrrole nitrogens is 1. The van der Waals surface area contributed by atoms with Gasteiger partial charge in [0.25, 0.3) is 5.95 Å². The number of aromatic nitrogens is 4. The van der Waals surface area contributed by atoms with Crippen molar-refractivity contribution >= 4 is 12.0 Å². The highest BCUT2D eigenvalue weighted by molar-refractivity contribution is 5.66. The van der Waals surface area contributed by atoms with Gasteiger partial charge >= 0.3 is 18.4 Å². The molecule has 2 heterocycles. The Bertz CT molecular complexity index is 885. The molecule has 2 N–H and O–H groups in total. The van der Waals surface area contributed by atoms with E-state index >= 15 is 0 Å². The topological polar surface area (TPSA) is 98.2 Å². The van der Waals surface area contributed by atoms with E-state index in [2.05, 4.69) is 20.6 Å². The summed E-state index contributed by atoms with van der Waals surface area (Å²) in [7, 11) is 0. The van der Waals surface area contributed by atoms with Crippen LogP contribution in [0.1, 0.15) is 36.5 Å². The molecule has 1 fully saturated rings. The van der Waals surface area contributed by atoms with Crippen molar-refractivity contribution in [2.24, 2.45) is 0 Å². The third kappa shape index (κ3) is 4.99. The summed E-state index contributed by atoms with van der Waals surface area (Å²) in [5, 5.41) is 22.6. The number of carbonyl (C=O) groups is 1. The number of nitrogens with one attached hydrogen (secondary N) is 1. The zero-order valence-corrected chi connectivity index (χ0v) is 16.1. The molecular formula is C17H18F6N6O2. The second kappa shape index (κ2) is 8.23. The van der Waals surface area contributed by atoms with Crippen molar-refractivity contribution in [3.63, 3.8) is 0 Å². The number of aromatic amines is 1. The van der Waals surface area contributed by atoms with Crippen molar-refractivity contribution < 1.29 is 36.2 Å². The molecule has 31 heavy (non-hydrogen) atoms. The van der Waals surface area contributed by atoms with Gasteiger partial charge in [0.2, 0.25) is 0 Å². The van der Waals surface area contributed by atoms with E-state index in [4.69, 9.17) is 0 Å². The van der Waals surface area contributed by atoms with Gasteiger partial charge < -0.3 is 14.9 Å². The van der Waals surface area contributed by atoms with E-state index in [1.54, 1.807) is 6.92 Å². The lowest BCUT2D eigenvalue weighted by molar-refractivity contribution is -0.143. The summed E-state index contributed by atoms with van der Waals surface area (Å²) in [6, 6.07) is 0.385. The van der Waals surface area contributed by atoms with E-state index in [0.717, 1.165) is 0 Å². The van der Waals surface area contributed by atoms with Crippen LogP contribution in [0.2, 0.25) is 0 Å². The first-order chi connectivity index (χ1) is 14.4. The zero-order valence-electron chi connectivity index (χ0n) is 16.1. The highest BCUT2D eigenvalue weighted by Crippen LogP contribution is 2.37. The third-order valence-electron chi connectivity index (χ3n) is 5.14.